The SMILES string of the molecule is CNC(CN=C(N)N)c1ccccc1. The fourth-order valence-corrected chi connectivity index (χ4v) is 1.25. The van der Waals surface area contributed by atoms with Gasteiger partial charge in [-0.3, -0.25) is 4.99 Å². The summed E-state index contributed by atoms with van der Waals surface area (Å²) in [6.45, 7) is 0.558. The van der Waals surface area contributed by atoms with Crippen molar-refractivity contribution in [3.8, 4) is 0 Å². The first-order chi connectivity index (χ1) is 6.74. The lowest BCUT2D eigenvalue weighted by Gasteiger charge is -2.13. The Hall–Kier alpha value is -1.55. The highest BCUT2D eigenvalue weighted by atomic mass is 15.0. The van der Waals surface area contributed by atoms with Crippen molar-refractivity contribution in [1.82, 2.24) is 5.32 Å². The number of likely N-dealkylation sites (N-methyl/N-ethyl adjacent to an activating group) is 1. The van der Waals surface area contributed by atoms with E-state index in [-0.39, 0.29) is 12.0 Å². The second-order valence-corrected chi connectivity index (χ2v) is 3.02. The number of aliphatic imine (C=N–C) groups is 1. The Balaban J connectivity index is 2.68. The molecule has 76 valence electrons. The van der Waals surface area contributed by atoms with E-state index < -0.39 is 0 Å². The van der Waals surface area contributed by atoms with E-state index in [1.165, 1.54) is 5.56 Å². The maximum atomic E-state index is 5.27. The van der Waals surface area contributed by atoms with E-state index in [9.17, 15) is 0 Å². The van der Waals surface area contributed by atoms with Crippen molar-refractivity contribution in [2.45, 2.75) is 6.04 Å². The van der Waals surface area contributed by atoms with Crippen LogP contribution in [-0.2, 0) is 0 Å². The zero-order valence-electron chi connectivity index (χ0n) is 8.27. The van der Waals surface area contributed by atoms with Crippen molar-refractivity contribution in [1.29, 1.82) is 0 Å². The van der Waals surface area contributed by atoms with Gasteiger partial charge in [0.15, 0.2) is 5.96 Å². The summed E-state index contributed by atoms with van der Waals surface area (Å²) in [6.07, 6.45) is 0. The fourth-order valence-electron chi connectivity index (χ4n) is 1.25. The van der Waals surface area contributed by atoms with Gasteiger partial charge in [0.2, 0.25) is 0 Å². The number of hydrogen-bond donors (Lipinski definition) is 3. The van der Waals surface area contributed by atoms with Crippen LogP contribution in [0.2, 0.25) is 0 Å². The van der Waals surface area contributed by atoms with Crippen LogP contribution in [0.4, 0.5) is 0 Å². The molecule has 0 aromatic heterocycles. The van der Waals surface area contributed by atoms with Gasteiger partial charge in [0, 0.05) is 0 Å². The Labute approximate surface area is 84.0 Å². The minimum Gasteiger partial charge on any atom is -0.370 e. The predicted molar refractivity (Wildman–Crippen MR) is 58.9 cm³/mol. The number of nitrogens with two attached hydrogens (primary N) is 2. The molecule has 4 heteroatoms. The molecule has 0 saturated carbocycles. The van der Waals surface area contributed by atoms with Crippen LogP contribution in [0.15, 0.2) is 35.3 Å². The number of nitrogens with zero attached hydrogens (tertiary/aromatic N) is 1. The maximum Gasteiger partial charge on any atom is 0.185 e. The Morgan fingerprint density at radius 1 is 1.36 bits per heavy atom. The third kappa shape index (κ3) is 3.06. The predicted octanol–water partition coefficient (Wildman–Crippen LogP) is 0.221. The molecule has 1 aromatic rings. The smallest absolute Gasteiger partial charge is 0.185 e. The summed E-state index contributed by atoms with van der Waals surface area (Å²) in [6, 6.07) is 10.2. The normalized spacial score (nSPS) is 12.1. The van der Waals surface area contributed by atoms with Crippen LogP contribution in [0, 0.1) is 0 Å². The Kier molecular flexibility index (Phi) is 3.94. The van der Waals surface area contributed by atoms with Gasteiger partial charge in [0.05, 0.1) is 12.6 Å². The molecule has 1 unspecified atom stereocenters. The molecule has 0 amide bonds. The molecule has 0 aliphatic rings. The number of hydrogen-bond acceptors (Lipinski definition) is 2. The van der Waals surface area contributed by atoms with Crippen LogP contribution in [0.5, 0.6) is 0 Å². The molecular weight excluding hydrogens is 176 g/mol. The maximum absolute atomic E-state index is 5.27. The Morgan fingerprint density at radius 3 is 2.50 bits per heavy atom. The zero-order valence-corrected chi connectivity index (χ0v) is 8.27. The summed E-state index contributed by atoms with van der Waals surface area (Å²) in [5, 5.41) is 3.16. The Morgan fingerprint density at radius 2 is 2.00 bits per heavy atom. The molecule has 1 aromatic carbocycles. The first-order valence-corrected chi connectivity index (χ1v) is 4.51. The molecule has 14 heavy (non-hydrogen) atoms. The third-order valence-electron chi connectivity index (χ3n) is 2.01. The quantitative estimate of drug-likeness (QED) is 0.472. The molecule has 0 heterocycles. The standard InChI is InChI=1S/C10H16N4/c1-13-9(7-14-10(11)12)8-5-3-2-4-6-8/h2-6,9,13H,7H2,1H3,(H4,11,12,14). The van der Waals surface area contributed by atoms with E-state index in [2.05, 4.69) is 10.3 Å². The molecular formula is C10H16N4. The minimum absolute atomic E-state index is 0.126. The van der Waals surface area contributed by atoms with Gasteiger partial charge in [0.1, 0.15) is 0 Å². The van der Waals surface area contributed by atoms with Crippen LogP contribution in [-0.4, -0.2) is 19.6 Å². The Bertz CT molecular complexity index is 290. The average Bonchev–Trinajstić information content (AvgIpc) is 2.20. The van der Waals surface area contributed by atoms with E-state index >= 15 is 0 Å². The lowest BCUT2D eigenvalue weighted by Crippen LogP contribution is -2.26. The molecule has 4 nitrogen and oxygen atoms in total. The number of guanidine groups is 1. The van der Waals surface area contributed by atoms with E-state index in [4.69, 9.17) is 11.5 Å². The lowest BCUT2D eigenvalue weighted by atomic mass is 10.1. The molecule has 1 rings (SSSR count). The lowest BCUT2D eigenvalue weighted by molar-refractivity contribution is 0.606. The van der Waals surface area contributed by atoms with Crippen molar-refractivity contribution < 1.29 is 0 Å². The van der Waals surface area contributed by atoms with Gasteiger partial charge >= 0.3 is 0 Å². The first-order valence-electron chi connectivity index (χ1n) is 4.51. The van der Waals surface area contributed by atoms with Gasteiger partial charge < -0.3 is 16.8 Å². The summed E-state index contributed by atoms with van der Waals surface area (Å²) < 4.78 is 0. The monoisotopic (exact) mass is 192 g/mol. The van der Waals surface area contributed by atoms with Crippen molar-refractivity contribution in [2.75, 3.05) is 13.6 Å². The van der Waals surface area contributed by atoms with E-state index in [1.54, 1.807) is 0 Å². The van der Waals surface area contributed by atoms with Gasteiger partial charge in [-0.05, 0) is 12.6 Å². The molecule has 0 saturated heterocycles. The number of benzene rings is 1. The summed E-state index contributed by atoms with van der Waals surface area (Å²) in [5.41, 5.74) is 11.7. The molecule has 0 aliphatic carbocycles. The molecule has 0 bridgehead atoms. The first kappa shape index (κ1) is 10.5. The zero-order chi connectivity index (χ0) is 10.4. The van der Waals surface area contributed by atoms with Crippen LogP contribution in [0.1, 0.15) is 11.6 Å². The van der Waals surface area contributed by atoms with Gasteiger partial charge in [-0.15, -0.1) is 0 Å². The van der Waals surface area contributed by atoms with Crippen molar-refractivity contribution >= 4 is 5.96 Å². The molecule has 1 atom stereocenters. The van der Waals surface area contributed by atoms with Gasteiger partial charge in [-0.25, -0.2) is 0 Å². The van der Waals surface area contributed by atoms with Crippen molar-refractivity contribution in [3.05, 3.63) is 35.9 Å². The highest BCUT2D eigenvalue weighted by molar-refractivity contribution is 5.75. The van der Waals surface area contributed by atoms with E-state index in [1.807, 2.05) is 37.4 Å². The van der Waals surface area contributed by atoms with Crippen LogP contribution < -0.4 is 16.8 Å². The van der Waals surface area contributed by atoms with Gasteiger partial charge in [-0.2, -0.15) is 0 Å². The van der Waals surface area contributed by atoms with E-state index in [0.717, 1.165) is 0 Å². The fraction of sp³-hybridized carbons (Fsp3) is 0.300. The van der Waals surface area contributed by atoms with Crippen LogP contribution >= 0.6 is 0 Å². The molecule has 0 radical (unpaired) electrons. The number of nitrogens with one attached hydrogen (secondary N) is 1. The second kappa shape index (κ2) is 5.24. The van der Waals surface area contributed by atoms with Crippen molar-refractivity contribution in [3.63, 3.8) is 0 Å². The van der Waals surface area contributed by atoms with Gasteiger partial charge in [-0.1, -0.05) is 30.3 Å². The van der Waals surface area contributed by atoms with Crippen LogP contribution in [0.3, 0.4) is 0 Å². The van der Waals surface area contributed by atoms with Crippen molar-refractivity contribution in [2.24, 2.45) is 16.5 Å². The van der Waals surface area contributed by atoms with E-state index in [0.29, 0.717) is 6.54 Å². The van der Waals surface area contributed by atoms with Gasteiger partial charge in [0.25, 0.3) is 0 Å². The summed E-state index contributed by atoms with van der Waals surface area (Å²) in [7, 11) is 1.89. The topological polar surface area (TPSA) is 76.4 Å². The second-order valence-electron chi connectivity index (χ2n) is 3.02. The minimum atomic E-state index is 0.126. The molecule has 0 spiro atoms. The molecule has 5 N–H and O–H groups in total. The summed E-state index contributed by atoms with van der Waals surface area (Å²) >= 11 is 0. The largest absolute Gasteiger partial charge is 0.370 e. The molecule has 0 aliphatic heterocycles. The highest BCUT2D eigenvalue weighted by Gasteiger charge is 2.06. The van der Waals surface area contributed by atoms with Crippen LogP contribution in [0.25, 0.3) is 0 Å². The highest BCUT2D eigenvalue weighted by Crippen LogP contribution is 2.11. The average molecular weight is 192 g/mol. The summed E-state index contributed by atoms with van der Waals surface area (Å²) in [5.74, 6) is 0.126. The number of rotatable bonds is 4. The molecule has 0 fully saturated rings. The summed E-state index contributed by atoms with van der Waals surface area (Å²) in [4.78, 5) is 3.98. The third-order valence-corrected chi connectivity index (χ3v) is 2.01.